The molecule has 2 aliphatic rings. The molecule has 116 valence electrons. The van der Waals surface area contributed by atoms with Gasteiger partial charge in [0.05, 0.1) is 0 Å². The van der Waals surface area contributed by atoms with E-state index in [0.29, 0.717) is 0 Å². The summed E-state index contributed by atoms with van der Waals surface area (Å²) in [4.78, 5) is 0. The molecular formula is C23H19N. The first-order valence-corrected chi connectivity index (χ1v) is 8.47. The Hall–Kier alpha value is -2.80. The molecule has 0 spiro atoms. The topological polar surface area (TPSA) is 12.0 Å². The van der Waals surface area contributed by atoms with Crippen molar-refractivity contribution >= 4 is 11.8 Å². The highest BCUT2D eigenvalue weighted by Crippen LogP contribution is 2.51. The van der Waals surface area contributed by atoms with Crippen molar-refractivity contribution in [2.24, 2.45) is 0 Å². The van der Waals surface area contributed by atoms with Gasteiger partial charge >= 0.3 is 0 Å². The van der Waals surface area contributed by atoms with Gasteiger partial charge in [0, 0.05) is 22.9 Å². The molecular weight excluding hydrogens is 290 g/mol. The molecule has 5 rings (SSSR count). The summed E-state index contributed by atoms with van der Waals surface area (Å²) in [5.41, 5.74) is 10.6. The number of hydrogen-bond acceptors (Lipinski definition) is 1. The highest BCUT2D eigenvalue weighted by molar-refractivity contribution is 5.93. The molecule has 0 unspecified atom stereocenters. The fourth-order valence-electron chi connectivity index (χ4n) is 4.20. The first-order valence-electron chi connectivity index (χ1n) is 8.47. The number of hydrogen-bond donors (Lipinski definition) is 1. The molecule has 0 atom stereocenters. The first-order chi connectivity index (χ1) is 11.7. The van der Waals surface area contributed by atoms with Gasteiger partial charge in [-0.05, 0) is 51.6 Å². The molecule has 0 bridgehead atoms. The minimum Gasteiger partial charge on any atom is -0.361 e. The molecule has 3 aromatic carbocycles. The van der Waals surface area contributed by atoms with E-state index in [1.807, 2.05) is 6.20 Å². The van der Waals surface area contributed by atoms with E-state index < -0.39 is 0 Å². The molecule has 24 heavy (non-hydrogen) atoms. The second-order valence-corrected chi connectivity index (χ2v) is 7.18. The van der Waals surface area contributed by atoms with Crippen LogP contribution in [0.2, 0.25) is 0 Å². The lowest BCUT2D eigenvalue weighted by molar-refractivity contribution is 0.660. The zero-order valence-corrected chi connectivity index (χ0v) is 13.9. The van der Waals surface area contributed by atoms with Crippen LogP contribution in [0.5, 0.6) is 0 Å². The minimum absolute atomic E-state index is 0.0399. The lowest BCUT2D eigenvalue weighted by atomic mass is 9.81. The second kappa shape index (κ2) is 4.61. The van der Waals surface area contributed by atoms with E-state index in [0.717, 1.165) is 0 Å². The maximum absolute atomic E-state index is 3.49. The zero-order chi connectivity index (χ0) is 16.3. The molecule has 1 N–H and O–H groups in total. The number of nitrogens with one attached hydrogen (secondary N) is 1. The SMILES string of the molecule is CC1(C)c2ccccc2-c2cc3c(cc21)NC=Cc1ccccc1-3. The van der Waals surface area contributed by atoms with Crippen LogP contribution in [-0.2, 0) is 5.41 Å². The van der Waals surface area contributed by atoms with Crippen LogP contribution in [0.1, 0.15) is 30.5 Å². The van der Waals surface area contributed by atoms with E-state index in [1.54, 1.807) is 0 Å². The summed E-state index contributed by atoms with van der Waals surface area (Å²) in [5, 5.41) is 3.49. The Morgan fingerprint density at radius 3 is 2.33 bits per heavy atom. The maximum atomic E-state index is 3.49. The summed E-state index contributed by atoms with van der Waals surface area (Å²) in [6, 6.07) is 22.1. The number of rotatable bonds is 0. The number of benzene rings is 3. The summed E-state index contributed by atoms with van der Waals surface area (Å²) in [6.45, 7) is 4.65. The Bertz CT molecular complexity index is 1010. The monoisotopic (exact) mass is 309 g/mol. The quantitative estimate of drug-likeness (QED) is 0.532. The van der Waals surface area contributed by atoms with Gasteiger partial charge in [-0.1, -0.05) is 62.4 Å². The second-order valence-electron chi connectivity index (χ2n) is 7.18. The molecule has 0 radical (unpaired) electrons. The van der Waals surface area contributed by atoms with E-state index in [4.69, 9.17) is 0 Å². The van der Waals surface area contributed by atoms with Crippen molar-refractivity contribution in [3.05, 3.63) is 83.6 Å². The predicted molar refractivity (Wildman–Crippen MR) is 102 cm³/mol. The third kappa shape index (κ3) is 1.70. The smallest absolute Gasteiger partial charge is 0.0463 e. The largest absolute Gasteiger partial charge is 0.361 e. The van der Waals surface area contributed by atoms with Crippen molar-refractivity contribution in [1.29, 1.82) is 0 Å². The van der Waals surface area contributed by atoms with Crippen molar-refractivity contribution in [1.82, 2.24) is 0 Å². The Morgan fingerprint density at radius 2 is 1.46 bits per heavy atom. The van der Waals surface area contributed by atoms with Gasteiger partial charge < -0.3 is 5.32 Å². The highest BCUT2D eigenvalue weighted by Gasteiger charge is 2.36. The highest BCUT2D eigenvalue weighted by atomic mass is 14.8. The van der Waals surface area contributed by atoms with Crippen LogP contribution in [0.3, 0.4) is 0 Å². The molecule has 1 heteroatoms. The van der Waals surface area contributed by atoms with Crippen LogP contribution in [0.4, 0.5) is 5.69 Å². The van der Waals surface area contributed by atoms with Gasteiger partial charge in [0.15, 0.2) is 0 Å². The molecule has 0 aromatic heterocycles. The Balaban J connectivity index is 1.85. The molecule has 1 heterocycles. The molecule has 0 fully saturated rings. The number of fused-ring (bicyclic) bond motifs is 6. The molecule has 1 nitrogen and oxygen atoms in total. The first kappa shape index (κ1) is 13.6. The summed E-state index contributed by atoms with van der Waals surface area (Å²) < 4.78 is 0. The van der Waals surface area contributed by atoms with Gasteiger partial charge in [-0.25, -0.2) is 0 Å². The third-order valence-corrected chi connectivity index (χ3v) is 5.47. The lowest BCUT2D eigenvalue weighted by Crippen LogP contribution is -2.15. The van der Waals surface area contributed by atoms with Crippen molar-refractivity contribution in [2.45, 2.75) is 19.3 Å². The zero-order valence-electron chi connectivity index (χ0n) is 13.9. The Labute approximate surface area is 142 Å². The molecule has 0 amide bonds. The van der Waals surface area contributed by atoms with Crippen LogP contribution in [0, 0.1) is 0 Å². The molecule has 0 saturated carbocycles. The van der Waals surface area contributed by atoms with E-state index >= 15 is 0 Å². The predicted octanol–water partition coefficient (Wildman–Crippen LogP) is 6.06. The van der Waals surface area contributed by atoms with E-state index in [9.17, 15) is 0 Å². The van der Waals surface area contributed by atoms with Crippen molar-refractivity contribution in [3.8, 4) is 22.3 Å². The van der Waals surface area contributed by atoms with Gasteiger partial charge in [-0.15, -0.1) is 0 Å². The van der Waals surface area contributed by atoms with Gasteiger partial charge in [0.2, 0.25) is 0 Å². The van der Waals surface area contributed by atoms with Crippen LogP contribution < -0.4 is 5.32 Å². The average Bonchev–Trinajstić information content (AvgIpc) is 2.73. The van der Waals surface area contributed by atoms with Crippen molar-refractivity contribution in [3.63, 3.8) is 0 Å². The van der Waals surface area contributed by atoms with Gasteiger partial charge in [-0.2, -0.15) is 0 Å². The van der Waals surface area contributed by atoms with Crippen LogP contribution in [-0.4, -0.2) is 0 Å². The Morgan fingerprint density at radius 1 is 0.708 bits per heavy atom. The average molecular weight is 309 g/mol. The fraction of sp³-hybridized carbons (Fsp3) is 0.130. The standard InChI is InChI=1S/C23H19N/c1-23(2)20-10-6-5-9-17(20)18-13-19-16-8-4-3-7-15(16)11-12-24-22(19)14-21(18)23/h3-14,24H,1-2H3. The summed E-state index contributed by atoms with van der Waals surface area (Å²) in [6.07, 6.45) is 4.20. The van der Waals surface area contributed by atoms with Gasteiger partial charge in [-0.3, -0.25) is 0 Å². The van der Waals surface area contributed by atoms with E-state index in [-0.39, 0.29) is 5.41 Å². The van der Waals surface area contributed by atoms with Gasteiger partial charge in [0.1, 0.15) is 0 Å². The normalized spacial score (nSPS) is 15.6. The summed E-state index contributed by atoms with van der Waals surface area (Å²) in [5.74, 6) is 0. The molecule has 1 aliphatic carbocycles. The maximum Gasteiger partial charge on any atom is 0.0463 e. The molecule has 0 saturated heterocycles. The number of anilines is 1. The summed E-state index contributed by atoms with van der Waals surface area (Å²) >= 11 is 0. The van der Waals surface area contributed by atoms with Crippen LogP contribution >= 0.6 is 0 Å². The molecule has 3 aromatic rings. The lowest BCUT2D eigenvalue weighted by Gasteiger charge is -2.22. The van der Waals surface area contributed by atoms with Crippen molar-refractivity contribution < 1.29 is 0 Å². The summed E-state index contributed by atoms with van der Waals surface area (Å²) in [7, 11) is 0. The fourth-order valence-corrected chi connectivity index (χ4v) is 4.20. The van der Waals surface area contributed by atoms with Crippen molar-refractivity contribution in [2.75, 3.05) is 5.32 Å². The van der Waals surface area contributed by atoms with E-state index in [1.165, 1.54) is 44.6 Å². The van der Waals surface area contributed by atoms with Crippen LogP contribution in [0.25, 0.3) is 28.3 Å². The Kier molecular flexibility index (Phi) is 2.62. The molecule has 1 aliphatic heterocycles. The van der Waals surface area contributed by atoms with Crippen LogP contribution in [0.15, 0.2) is 66.9 Å². The minimum atomic E-state index is 0.0399. The van der Waals surface area contributed by atoms with Gasteiger partial charge in [0.25, 0.3) is 0 Å². The third-order valence-electron chi connectivity index (χ3n) is 5.47. The van der Waals surface area contributed by atoms with E-state index in [2.05, 4.69) is 85.9 Å².